The van der Waals surface area contributed by atoms with Gasteiger partial charge in [-0.25, -0.2) is 0 Å². The first kappa shape index (κ1) is 14.3. The molecule has 1 aromatic carbocycles. The van der Waals surface area contributed by atoms with Gasteiger partial charge in [0.15, 0.2) is 0 Å². The van der Waals surface area contributed by atoms with Crippen LogP contribution in [-0.2, 0) is 14.4 Å². The van der Waals surface area contributed by atoms with Crippen LogP contribution in [0.25, 0.3) is 0 Å². The van der Waals surface area contributed by atoms with Crippen molar-refractivity contribution in [2.24, 2.45) is 5.41 Å². The van der Waals surface area contributed by atoms with E-state index in [1.54, 1.807) is 38.1 Å². The number of amides is 1. The number of carbonyl (C=O) groups excluding carboxylic acids is 3. The van der Waals surface area contributed by atoms with Crippen LogP contribution in [-0.4, -0.2) is 24.6 Å². The normalized spacial score (nSPS) is 19.8. The van der Waals surface area contributed by atoms with E-state index in [2.05, 4.69) is 0 Å². The number of carbonyl (C=O) groups is 3. The van der Waals surface area contributed by atoms with E-state index in [4.69, 9.17) is 4.74 Å². The molecule has 0 aromatic heterocycles. The van der Waals surface area contributed by atoms with Crippen molar-refractivity contribution in [3.8, 4) is 5.75 Å². The van der Waals surface area contributed by atoms with E-state index in [1.165, 1.54) is 24.2 Å². The Hall–Kier alpha value is -2.69. The molecule has 1 heterocycles. The summed E-state index contributed by atoms with van der Waals surface area (Å²) in [6.07, 6.45) is 2.50. The lowest BCUT2D eigenvalue weighted by Crippen LogP contribution is -2.30. The first-order valence-electron chi connectivity index (χ1n) is 6.88. The fourth-order valence-electron chi connectivity index (χ4n) is 2.79. The van der Waals surface area contributed by atoms with Gasteiger partial charge in [-0.1, -0.05) is 12.1 Å². The van der Waals surface area contributed by atoms with E-state index >= 15 is 0 Å². The molecule has 2 aliphatic rings. The summed E-state index contributed by atoms with van der Waals surface area (Å²) in [5, 5.41) is 0. The first-order chi connectivity index (χ1) is 10.4. The molecule has 112 valence electrons. The third kappa shape index (κ3) is 1.82. The number of anilines is 1. The molecule has 22 heavy (non-hydrogen) atoms. The molecule has 1 amide bonds. The zero-order valence-corrected chi connectivity index (χ0v) is 12.5. The fourth-order valence-corrected chi connectivity index (χ4v) is 2.79. The van der Waals surface area contributed by atoms with Gasteiger partial charge in [0, 0.05) is 6.08 Å². The number of nitrogens with zero attached hydrogens (tertiary/aromatic N) is 1. The number of benzene rings is 1. The maximum atomic E-state index is 12.8. The molecule has 0 radical (unpaired) electrons. The number of para-hydroxylation sites is 2. The lowest BCUT2D eigenvalue weighted by molar-refractivity contribution is -0.131. The molecule has 1 saturated heterocycles. The molecule has 0 saturated carbocycles. The summed E-state index contributed by atoms with van der Waals surface area (Å²) in [6.45, 7) is 3.49. The van der Waals surface area contributed by atoms with Gasteiger partial charge in [0.1, 0.15) is 5.75 Å². The van der Waals surface area contributed by atoms with E-state index in [1.807, 2.05) is 0 Å². The van der Waals surface area contributed by atoms with Gasteiger partial charge >= 0.3 is 0 Å². The topological polar surface area (TPSA) is 63.7 Å². The van der Waals surface area contributed by atoms with Crippen LogP contribution >= 0.6 is 0 Å². The predicted octanol–water partition coefficient (Wildman–Crippen LogP) is 2.03. The Kier molecular flexibility index (Phi) is 3.02. The summed E-state index contributed by atoms with van der Waals surface area (Å²) < 4.78 is 5.31. The average Bonchev–Trinajstić information content (AvgIpc) is 2.68. The molecule has 0 atom stereocenters. The molecular formula is C17H15NO4. The van der Waals surface area contributed by atoms with Crippen LogP contribution in [0, 0.1) is 5.41 Å². The van der Waals surface area contributed by atoms with Crippen LogP contribution in [0.3, 0.4) is 0 Å². The summed E-state index contributed by atoms with van der Waals surface area (Å²) in [5.74, 6) is -0.888. The van der Waals surface area contributed by atoms with Crippen LogP contribution in [0.1, 0.15) is 13.8 Å². The van der Waals surface area contributed by atoms with Crippen LogP contribution in [0.2, 0.25) is 0 Å². The number of hydrogen-bond acceptors (Lipinski definition) is 4. The highest BCUT2D eigenvalue weighted by molar-refractivity contribution is 6.47. The quantitative estimate of drug-likeness (QED) is 0.619. The summed E-state index contributed by atoms with van der Waals surface area (Å²) in [7, 11) is 1.52. The molecule has 0 N–H and O–H groups in total. The zero-order chi connectivity index (χ0) is 16.1. The van der Waals surface area contributed by atoms with E-state index < -0.39 is 17.0 Å². The highest BCUT2D eigenvalue weighted by atomic mass is 16.5. The summed E-state index contributed by atoms with van der Waals surface area (Å²) >= 11 is 0. The van der Waals surface area contributed by atoms with Crippen molar-refractivity contribution in [3.63, 3.8) is 0 Å². The van der Waals surface area contributed by atoms with E-state index in [0.29, 0.717) is 22.7 Å². The highest BCUT2D eigenvalue weighted by Crippen LogP contribution is 2.48. The monoisotopic (exact) mass is 297 g/mol. The lowest BCUT2D eigenvalue weighted by Gasteiger charge is -2.21. The Morgan fingerprint density at radius 1 is 1.00 bits per heavy atom. The summed E-state index contributed by atoms with van der Waals surface area (Å²) in [6, 6.07) is 7.08. The van der Waals surface area contributed by atoms with Crippen LogP contribution < -0.4 is 9.64 Å². The standard InChI is InChI=1S/C17H15NO4/c1-17(2)10-8-13(19)14(20)9-12(10)18(16(17)21)11-6-4-5-7-15(11)22-3/h4-9H,1-3H3. The molecule has 5 nitrogen and oxygen atoms in total. The van der Waals surface area contributed by atoms with Crippen LogP contribution in [0.4, 0.5) is 5.69 Å². The van der Waals surface area contributed by atoms with Gasteiger partial charge in [0.05, 0.1) is 23.9 Å². The molecule has 0 spiro atoms. The van der Waals surface area contributed by atoms with Crippen molar-refractivity contribution in [3.05, 3.63) is 47.7 Å². The number of allylic oxidation sites excluding steroid dienone is 3. The van der Waals surface area contributed by atoms with Gasteiger partial charge in [0.2, 0.25) is 17.5 Å². The van der Waals surface area contributed by atoms with Crippen molar-refractivity contribution in [2.75, 3.05) is 12.0 Å². The number of fused-ring (bicyclic) bond motifs is 1. The number of methoxy groups -OCH3 is 1. The second-order valence-electron chi connectivity index (χ2n) is 5.75. The van der Waals surface area contributed by atoms with Gasteiger partial charge in [0.25, 0.3) is 0 Å². The highest BCUT2D eigenvalue weighted by Gasteiger charge is 2.49. The van der Waals surface area contributed by atoms with Crippen molar-refractivity contribution in [1.29, 1.82) is 0 Å². The number of hydrogen-bond donors (Lipinski definition) is 0. The Bertz CT molecular complexity index is 771. The summed E-state index contributed by atoms with van der Waals surface area (Å²) in [4.78, 5) is 37.7. The SMILES string of the molecule is COc1ccccc1N1C(=O)C(C)(C)C2=CC(=O)C(=O)C=C21. The number of ether oxygens (including phenoxy) is 1. The molecule has 1 fully saturated rings. The fraction of sp³-hybridized carbons (Fsp3) is 0.235. The van der Waals surface area contributed by atoms with Crippen LogP contribution in [0.15, 0.2) is 47.7 Å². The van der Waals surface area contributed by atoms with Gasteiger partial charge in [-0.05, 0) is 37.6 Å². The van der Waals surface area contributed by atoms with Crippen LogP contribution in [0.5, 0.6) is 5.75 Å². The molecule has 0 unspecified atom stereocenters. The Labute approximate surface area is 127 Å². The molecular weight excluding hydrogens is 282 g/mol. The van der Waals surface area contributed by atoms with E-state index in [0.717, 1.165) is 0 Å². The Morgan fingerprint density at radius 3 is 2.32 bits per heavy atom. The predicted molar refractivity (Wildman–Crippen MR) is 80.4 cm³/mol. The molecule has 1 aliphatic heterocycles. The second-order valence-corrected chi connectivity index (χ2v) is 5.75. The summed E-state index contributed by atoms with van der Waals surface area (Å²) in [5.41, 5.74) is 0.695. The minimum atomic E-state index is -0.872. The van der Waals surface area contributed by atoms with Crippen molar-refractivity contribution >= 4 is 23.2 Å². The number of rotatable bonds is 2. The Morgan fingerprint density at radius 2 is 1.64 bits per heavy atom. The van der Waals surface area contributed by atoms with E-state index in [-0.39, 0.29) is 5.91 Å². The molecule has 0 bridgehead atoms. The largest absolute Gasteiger partial charge is 0.495 e. The Balaban J connectivity index is 2.23. The smallest absolute Gasteiger partial charge is 0.241 e. The first-order valence-corrected chi connectivity index (χ1v) is 6.88. The second kappa shape index (κ2) is 4.66. The lowest BCUT2D eigenvalue weighted by atomic mass is 9.83. The third-order valence-electron chi connectivity index (χ3n) is 4.04. The maximum absolute atomic E-state index is 12.8. The zero-order valence-electron chi connectivity index (χ0n) is 12.5. The maximum Gasteiger partial charge on any atom is 0.241 e. The van der Waals surface area contributed by atoms with Crippen molar-refractivity contribution < 1.29 is 19.1 Å². The number of ketones is 2. The van der Waals surface area contributed by atoms with Crippen molar-refractivity contribution in [1.82, 2.24) is 0 Å². The third-order valence-corrected chi connectivity index (χ3v) is 4.04. The van der Waals surface area contributed by atoms with E-state index in [9.17, 15) is 14.4 Å². The minimum absolute atomic E-state index is 0.197. The van der Waals surface area contributed by atoms with Gasteiger partial charge in [-0.15, -0.1) is 0 Å². The molecule has 1 aromatic rings. The molecule has 5 heteroatoms. The molecule has 3 rings (SSSR count). The molecule has 1 aliphatic carbocycles. The van der Waals surface area contributed by atoms with Gasteiger partial charge in [-0.3, -0.25) is 19.3 Å². The minimum Gasteiger partial charge on any atom is -0.495 e. The average molecular weight is 297 g/mol. The van der Waals surface area contributed by atoms with Gasteiger partial charge in [-0.2, -0.15) is 0 Å². The van der Waals surface area contributed by atoms with Crippen molar-refractivity contribution in [2.45, 2.75) is 13.8 Å². The van der Waals surface area contributed by atoms with Gasteiger partial charge < -0.3 is 4.74 Å².